The van der Waals surface area contributed by atoms with Crippen LogP contribution in [0.25, 0.3) is 0 Å². The van der Waals surface area contributed by atoms with Gasteiger partial charge in [0.25, 0.3) is 0 Å². The first kappa shape index (κ1) is 12.3. The number of esters is 1. The Morgan fingerprint density at radius 1 is 1.22 bits per heavy atom. The van der Waals surface area contributed by atoms with Gasteiger partial charge >= 0.3 is 114 Å². The van der Waals surface area contributed by atoms with Crippen LogP contribution in [-0.4, -0.2) is 27.0 Å². The second-order valence-electron chi connectivity index (χ2n) is 5.36. The fourth-order valence-electron chi connectivity index (χ4n) is 3.12. The fraction of sp³-hybridized carbons (Fsp3) is 0.533. The Labute approximate surface area is 114 Å². The van der Waals surface area contributed by atoms with Crippen LogP contribution in [0.2, 0.25) is 4.31 Å². The summed E-state index contributed by atoms with van der Waals surface area (Å²) < 4.78 is 6.68. The van der Waals surface area contributed by atoms with Gasteiger partial charge in [-0.1, -0.05) is 0 Å². The summed E-state index contributed by atoms with van der Waals surface area (Å²) in [6, 6.07) is 10.4. The first-order valence-electron chi connectivity index (χ1n) is 6.65. The SMILES string of the molecule is CC1([Se]c2ccccc2)C(=O)OC2CCCCC21. The van der Waals surface area contributed by atoms with Gasteiger partial charge in [0.15, 0.2) is 0 Å². The number of hydrogen-bond acceptors (Lipinski definition) is 2. The number of fused-ring (bicyclic) bond motifs is 1. The molecule has 3 atom stereocenters. The van der Waals surface area contributed by atoms with E-state index in [4.69, 9.17) is 4.74 Å². The van der Waals surface area contributed by atoms with Crippen molar-refractivity contribution in [2.24, 2.45) is 5.92 Å². The van der Waals surface area contributed by atoms with Crippen LogP contribution in [0.4, 0.5) is 0 Å². The molecular weight excluding hydrogens is 291 g/mol. The first-order chi connectivity index (χ1) is 8.70. The molecule has 1 heterocycles. The van der Waals surface area contributed by atoms with Crippen LogP contribution in [0.3, 0.4) is 0 Å². The van der Waals surface area contributed by atoms with Gasteiger partial charge in [0.2, 0.25) is 0 Å². The third kappa shape index (κ3) is 2.00. The van der Waals surface area contributed by atoms with Crippen molar-refractivity contribution in [3.8, 4) is 0 Å². The zero-order valence-electron chi connectivity index (χ0n) is 10.6. The van der Waals surface area contributed by atoms with Crippen LogP contribution in [0.5, 0.6) is 0 Å². The molecule has 96 valence electrons. The molecule has 0 N–H and O–H groups in total. The van der Waals surface area contributed by atoms with Crippen LogP contribution in [0, 0.1) is 5.92 Å². The van der Waals surface area contributed by atoms with Crippen LogP contribution in [-0.2, 0) is 9.53 Å². The van der Waals surface area contributed by atoms with Gasteiger partial charge < -0.3 is 0 Å². The second-order valence-corrected chi connectivity index (χ2v) is 8.55. The third-order valence-electron chi connectivity index (χ3n) is 4.15. The standard InChI is InChI=1S/C15H18O2Se/c1-15(18-11-7-3-2-4-8-11)12-9-5-6-10-13(12)17-14(15)16/h2-4,7-8,12-13H,5-6,9-10H2,1H3. The van der Waals surface area contributed by atoms with Gasteiger partial charge in [-0.3, -0.25) is 0 Å². The maximum atomic E-state index is 12.3. The van der Waals surface area contributed by atoms with Crippen molar-refractivity contribution in [1.29, 1.82) is 0 Å². The average Bonchev–Trinajstić information content (AvgIpc) is 2.63. The van der Waals surface area contributed by atoms with E-state index in [0.29, 0.717) is 5.92 Å². The third-order valence-corrected chi connectivity index (χ3v) is 7.09. The average molecular weight is 309 g/mol. The molecule has 1 aliphatic carbocycles. The van der Waals surface area contributed by atoms with Crippen LogP contribution >= 0.6 is 0 Å². The van der Waals surface area contributed by atoms with E-state index >= 15 is 0 Å². The van der Waals surface area contributed by atoms with Gasteiger partial charge in [-0.25, -0.2) is 0 Å². The molecular formula is C15H18O2Se. The molecule has 2 nitrogen and oxygen atoms in total. The molecule has 0 aromatic heterocycles. The van der Waals surface area contributed by atoms with Crippen molar-refractivity contribution in [3.05, 3.63) is 30.3 Å². The van der Waals surface area contributed by atoms with E-state index in [-0.39, 0.29) is 31.3 Å². The summed E-state index contributed by atoms with van der Waals surface area (Å²) in [5.74, 6) is 0.488. The molecule has 0 spiro atoms. The molecule has 1 aromatic rings. The summed E-state index contributed by atoms with van der Waals surface area (Å²) in [7, 11) is 0. The minimum absolute atomic E-state index is 0.0447. The van der Waals surface area contributed by atoms with Crippen molar-refractivity contribution < 1.29 is 9.53 Å². The van der Waals surface area contributed by atoms with Crippen LogP contribution in [0.15, 0.2) is 30.3 Å². The van der Waals surface area contributed by atoms with Crippen molar-refractivity contribution in [3.63, 3.8) is 0 Å². The van der Waals surface area contributed by atoms with Crippen LogP contribution < -0.4 is 4.46 Å². The Kier molecular flexibility index (Phi) is 3.21. The molecule has 3 heteroatoms. The number of carbonyl (C=O) groups excluding carboxylic acids is 1. The van der Waals surface area contributed by atoms with E-state index < -0.39 is 0 Å². The molecule has 3 unspecified atom stereocenters. The van der Waals surface area contributed by atoms with Gasteiger partial charge in [-0.2, -0.15) is 0 Å². The molecule has 0 amide bonds. The van der Waals surface area contributed by atoms with Gasteiger partial charge in [0, 0.05) is 0 Å². The van der Waals surface area contributed by atoms with E-state index in [1.165, 1.54) is 17.3 Å². The summed E-state index contributed by atoms with van der Waals surface area (Å²) in [5, 5.41) is 0. The Hall–Kier alpha value is -0.791. The Morgan fingerprint density at radius 2 is 1.94 bits per heavy atom. The normalized spacial score (nSPS) is 35.1. The van der Waals surface area contributed by atoms with Crippen molar-refractivity contribution >= 4 is 25.4 Å². The van der Waals surface area contributed by atoms with Crippen molar-refractivity contribution in [2.45, 2.75) is 43.0 Å². The monoisotopic (exact) mass is 310 g/mol. The van der Waals surface area contributed by atoms with Crippen molar-refractivity contribution in [2.75, 3.05) is 0 Å². The van der Waals surface area contributed by atoms with Gasteiger partial charge in [0.1, 0.15) is 0 Å². The van der Waals surface area contributed by atoms with E-state index in [1.54, 1.807) is 0 Å². The molecule has 3 rings (SSSR count). The predicted octanol–water partition coefficient (Wildman–Crippen LogP) is 2.31. The number of hydrogen-bond donors (Lipinski definition) is 0. The molecule has 2 aliphatic rings. The van der Waals surface area contributed by atoms with Gasteiger partial charge in [-0.05, 0) is 0 Å². The Bertz CT molecular complexity index is 445. The quantitative estimate of drug-likeness (QED) is 0.619. The number of benzene rings is 1. The number of ether oxygens (including phenoxy) is 1. The van der Waals surface area contributed by atoms with E-state index in [0.717, 1.165) is 12.8 Å². The Morgan fingerprint density at radius 3 is 2.72 bits per heavy atom. The number of rotatable bonds is 2. The first-order valence-corrected chi connectivity index (χ1v) is 8.36. The molecule has 1 saturated heterocycles. The van der Waals surface area contributed by atoms with E-state index in [9.17, 15) is 4.79 Å². The van der Waals surface area contributed by atoms with Gasteiger partial charge in [0.05, 0.1) is 0 Å². The zero-order chi connectivity index (χ0) is 12.6. The van der Waals surface area contributed by atoms with Crippen LogP contribution in [0.1, 0.15) is 32.6 Å². The maximum absolute atomic E-state index is 12.3. The summed E-state index contributed by atoms with van der Waals surface area (Å²) in [6.07, 6.45) is 4.88. The molecule has 18 heavy (non-hydrogen) atoms. The minimum atomic E-state index is -0.251. The zero-order valence-corrected chi connectivity index (χ0v) is 12.3. The molecule has 0 radical (unpaired) electrons. The van der Waals surface area contributed by atoms with E-state index in [2.05, 4.69) is 31.2 Å². The van der Waals surface area contributed by atoms with Crippen molar-refractivity contribution in [1.82, 2.24) is 0 Å². The van der Waals surface area contributed by atoms with Gasteiger partial charge in [-0.15, -0.1) is 0 Å². The fourth-order valence-corrected chi connectivity index (χ4v) is 5.93. The number of carbonyl (C=O) groups is 1. The molecule has 1 aliphatic heterocycles. The Balaban J connectivity index is 1.86. The molecule has 0 bridgehead atoms. The molecule has 1 saturated carbocycles. The topological polar surface area (TPSA) is 26.3 Å². The summed E-state index contributed by atoms with van der Waals surface area (Å²) >= 11 is 0.169. The van der Waals surface area contributed by atoms with E-state index in [1.807, 2.05) is 6.07 Å². The molecule has 2 fully saturated rings. The predicted molar refractivity (Wildman–Crippen MR) is 72.0 cm³/mol. The summed E-state index contributed by atoms with van der Waals surface area (Å²) in [4.78, 5) is 12.3. The summed E-state index contributed by atoms with van der Waals surface area (Å²) in [6.45, 7) is 2.12. The summed E-state index contributed by atoms with van der Waals surface area (Å²) in [5.41, 5.74) is 0. The molecule has 1 aromatic carbocycles. The second kappa shape index (κ2) is 4.71.